The molecule has 0 aliphatic rings. The van der Waals surface area contributed by atoms with Crippen molar-refractivity contribution in [3.63, 3.8) is 0 Å². The molecule has 4 aromatic rings. The molecule has 0 saturated carbocycles. The molecule has 6 heteroatoms. The number of amides is 1. The summed E-state index contributed by atoms with van der Waals surface area (Å²) in [6.45, 7) is 2.26. The average molecular weight is 386 g/mol. The predicted octanol–water partition coefficient (Wildman–Crippen LogP) is 4.69. The predicted molar refractivity (Wildman–Crippen MR) is 115 cm³/mol. The van der Waals surface area contributed by atoms with E-state index in [1.807, 2.05) is 78.2 Å². The molecule has 0 unspecified atom stereocenters. The first-order valence-electron chi connectivity index (χ1n) is 9.32. The van der Waals surface area contributed by atoms with E-state index in [0.717, 1.165) is 22.3 Å². The zero-order valence-electron chi connectivity index (χ0n) is 16.4. The van der Waals surface area contributed by atoms with Crippen molar-refractivity contribution >= 4 is 28.8 Å². The fourth-order valence-corrected chi connectivity index (χ4v) is 3.26. The summed E-state index contributed by atoms with van der Waals surface area (Å²) in [6, 6.07) is 23.3. The number of anilines is 2. The van der Waals surface area contributed by atoms with Crippen LogP contribution in [-0.4, -0.2) is 22.7 Å². The van der Waals surface area contributed by atoms with Gasteiger partial charge in [-0.3, -0.25) is 9.47 Å². The molecule has 4 rings (SSSR count). The summed E-state index contributed by atoms with van der Waals surface area (Å²) < 4.78 is 7.31. The Bertz CT molecular complexity index is 1170. The van der Waals surface area contributed by atoms with E-state index >= 15 is 0 Å². The van der Waals surface area contributed by atoms with Crippen molar-refractivity contribution in [2.45, 2.75) is 13.5 Å². The van der Waals surface area contributed by atoms with E-state index in [9.17, 15) is 4.79 Å². The fourth-order valence-electron chi connectivity index (χ4n) is 3.26. The van der Waals surface area contributed by atoms with Crippen LogP contribution in [0.2, 0.25) is 0 Å². The zero-order chi connectivity index (χ0) is 20.4. The van der Waals surface area contributed by atoms with E-state index in [-0.39, 0.29) is 6.61 Å². The molecule has 3 aromatic carbocycles. The normalized spacial score (nSPS) is 10.8. The van der Waals surface area contributed by atoms with Gasteiger partial charge in [0.05, 0.1) is 11.0 Å². The molecule has 146 valence electrons. The standard InChI is InChI=1S/C23H22N4O2/c1-16-7-6-10-19(13-16)27-21-12-11-18(14-20(21)25-22(27)24)26(2)23(28)29-15-17-8-4-3-5-9-17/h3-14H,15H2,1-2H3,(H2,24,25). The number of nitrogens with zero attached hydrogens (tertiary/aromatic N) is 3. The van der Waals surface area contributed by atoms with Crippen LogP contribution >= 0.6 is 0 Å². The lowest BCUT2D eigenvalue weighted by atomic mass is 10.2. The molecule has 0 aliphatic heterocycles. The smallest absolute Gasteiger partial charge is 0.414 e. The number of aromatic nitrogens is 2. The molecule has 0 radical (unpaired) electrons. The third kappa shape index (κ3) is 3.78. The van der Waals surface area contributed by atoms with Crippen molar-refractivity contribution in [3.8, 4) is 5.69 Å². The van der Waals surface area contributed by atoms with Crippen LogP contribution in [0.3, 0.4) is 0 Å². The monoisotopic (exact) mass is 386 g/mol. The number of nitrogens with two attached hydrogens (primary N) is 1. The maximum absolute atomic E-state index is 12.4. The lowest BCUT2D eigenvalue weighted by molar-refractivity contribution is 0.148. The summed E-state index contributed by atoms with van der Waals surface area (Å²) in [5, 5.41) is 0. The lowest BCUT2D eigenvalue weighted by Crippen LogP contribution is -2.26. The molecule has 0 aliphatic carbocycles. The second-order valence-corrected chi connectivity index (χ2v) is 6.92. The van der Waals surface area contributed by atoms with Crippen LogP contribution in [0.25, 0.3) is 16.7 Å². The number of ether oxygens (including phenoxy) is 1. The zero-order valence-corrected chi connectivity index (χ0v) is 16.4. The third-order valence-electron chi connectivity index (χ3n) is 4.79. The first-order chi connectivity index (χ1) is 14.0. The summed E-state index contributed by atoms with van der Waals surface area (Å²) in [6.07, 6.45) is -0.431. The highest BCUT2D eigenvalue weighted by molar-refractivity contribution is 5.91. The van der Waals surface area contributed by atoms with E-state index in [1.165, 1.54) is 4.90 Å². The number of imidazole rings is 1. The van der Waals surface area contributed by atoms with E-state index in [4.69, 9.17) is 10.5 Å². The van der Waals surface area contributed by atoms with Crippen molar-refractivity contribution in [1.29, 1.82) is 0 Å². The van der Waals surface area contributed by atoms with Gasteiger partial charge < -0.3 is 10.5 Å². The topological polar surface area (TPSA) is 73.4 Å². The molecule has 0 saturated heterocycles. The molecule has 1 heterocycles. The third-order valence-corrected chi connectivity index (χ3v) is 4.79. The van der Waals surface area contributed by atoms with Crippen LogP contribution in [0.4, 0.5) is 16.4 Å². The minimum absolute atomic E-state index is 0.223. The Hall–Kier alpha value is -3.80. The molecule has 29 heavy (non-hydrogen) atoms. The van der Waals surface area contributed by atoms with Gasteiger partial charge in [-0.15, -0.1) is 0 Å². The number of benzene rings is 3. The van der Waals surface area contributed by atoms with Crippen LogP contribution in [0, 0.1) is 6.92 Å². The molecule has 1 amide bonds. The van der Waals surface area contributed by atoms with Gasteiger partial charge >= 0.3 is 6.09 Å². The SMILES string of the molecule is Cc1cccc(-n2c(N)nc3cc(N(C)C(=O)OCc4ccccc4)ccc32)c1. The van der Waals surface area contributed by atoms with Crippen molar-refractivity contribution < 1.29 is 9.53 Å². The van der Waals surface area contributed by atoms with Gasteiger partial charge in [-0.2, -0.15) is 0 Å². The van der Waals surface area contributed by atoms with Gasteiger partial charge in [0, 0.05) is 18.4 Å². The molecule has 0 atom stereocenters. The molecule has 0 spiro atoms. The number of aryl methyl sites for hydroxylation is 1. The molecule has 0 bridgehead atoms. The number of hydrogen-bond acceptors (Lipinski definition) is 4. The van der Waals surface area contributed by atoms with E-state index in [2.05, 4.69) is 11.1 Å². The maximum atomic E-state index is 12.4. The highest BCUT2D eigenvalue weighted by Gasteiger charge is 2.16. The van der Waals surface area contributed by atoms with Gasteiger partial charge in [0.2, 0.25) is 5.95 Å². The van der Waals surface area contributed by atoms with Gasteiger partial charge in [0.25, 0.3) is 0 Å². The summed E-state index contributed by atoms with van der Waals surface area (Å²) in [5.41, 5.74) is 11.5. The largest absolute Gasteiger partial charge is 0.444 e. The first kappa shape index (κ1) is 18.6. The van der Waals surface area contributed by atoms with Gasteiger partial charge in [0.15, 0.2) is 0 Å². The molecule has 0 fully saturated rings. The summed E-state index contributed by atoms with van der Waals surface area (Å²) >= 11 is 0. The lowest BCUT2D eigenvalue weighted by Gasteiger charge is -2.17. The summed E-state index contributed by atoms with van der Waals surface area (Å²) in [5.74, 6) is 0.400. The Balaban J connectivity index is 1.58. The number of rotatable bonds is 4. The molecular weight excluding hydrogens is 364 g/mol. The second kappa shape index (κ2) is 7.67. The van der Waals surface area contributed by atoms with Crippen LogP contribution in [0.15, 0.2) is 72.8 Å². The van der Waals surface area contributed by atoms with E-state index in [0.29, 0.717) is 17.2 Å². The van der Waals surface area contributed by atoms with Crippen LogP contribution in [-0.2, 0) is 11.3 Å². The molecule has 2 N–H and O–H groups in total. The van der Waals surface area contributed by atoms with Crippen molar-refractivity contribution in [2.75, 3.05) is 17.7 Å². The number of nitrogen functional groups attached to an aromatic ring is 1. The van der Waals surface area contributed by atoms with E-state index < -0.39 is 6.09 Å². The summed E-state index contributed by atoms with van der Waals surface area (Å²) in [7, 11) is 1.68. The Kier molecular flexibility index (Phi) is 4.91. The summed E-state index contributed by atoms with van der Waals surface area (Å²) in [4.78, 5) is 18.4. The van der Waals surface area contributed by atoms with Gasteiger partial charge in [-0.25, -0.2) is 9.78 Å². The Morgan fingerprint density at radius 1 is 1.07 bits per heavy atom. The second-order valence-electron chi connectivity index (χ2n) is 6.92. The Morgan fingerprint density at radius 2 is 1.86 bits per heavy atom. The Morgan fingerprint density at radius 3 is 2.62 bits per heavy atom. The minimum Gasteiger partial charge on any atom is -0.444 e. The number of carbonyl (C=O) groups excluding carboxylic acids is 1. The number of carbonyl (C=O) groups is 1. The minimum atomic E-state index is -0.431. The van der Waals surface area contributed by atoms with Crippen molar-refractivity contribution in [3.05, 3.63) is 83.9 Å². The quantitative estimate of drug-likeness (QED) is 0.552. The van der Waals surface area contributed by atoms with Crippen molar-refractivity contribution in [2.24, 2.45) is 0 Å². The van der Waals surface area contributed by atoms with E-state index in [1.54, 1.807) is 7.05 Å². The highest BCUT2D eigenvalue weighted by Crippen LogP contribution is 2.27. The highest BCUT2D eigenvalue weighted by atomic mass is 16.6. The molecule has 6 nitrogen and oxygen atoms in total. The van der Waals surface area contributed by atoms with Crippen LogP contribution in [0.1, 0.15) is 11.1 Å². The first-order valence-corrected chi connectivity index (χ1v) is 9.32. The molecular formula is C23H22N4O2. The number of fused-ring (bicyclic) bond motifs is 1. The average Bonchev–Trinajstić information content (AvgIpc) is 3.07. The number of hydrogen-bond donors (Lipinski definition) is 1. The molecule has 1 aromatic heterocycles. The van der Waals surface area contributed by atoms with Gasteiger partial charge in [-0.05, 0) is 48.4 Å². The van der Waals surface area contributed by atoms with Crippen molar-refractivity contribution in [1.82, 2.24) is 9.55 Å². The van der Waals surface area contributed by atoms with Gasteiger partial charge in [0.1, 0.15) is 6.61 Å². The van der Waals surface area contributed by atoms with Crippen LogP contribution < -0.4 is 10.6 Å². The van der Waals surface area contributed by atoms with Crippen LogP contribution in [0.5, 0.6) is 0 Å². The van der Waals surface area contributed by atoms with Gasteiger partial charge in [-0.1, -0.05) is 42.5 Å². The maximum Gasteiger partial charge on any atom is 0.414 e. The fraction of sp³-hybridized carbons (Fsp3) is 0.130. The Labute approximate surface area is 169 Å².